The van der Waals surface area contributed by atoms with Crippen molar-refractivity contribution in [1.29, 1.82) is 0 Å². The second-order valence-electron chi connectivity index (χ2n) is 7.61. The number of aryl methyl sites for hydroxylation is 2. The Bertz CT molecular complexity index is 798. The molecule has 0 spiro atoms. The Labute approximate surface area is 158 Å². The third kappa shape index (κ3) is 4.18. The fraction of sp³-hybridized carbons (Fsp3) is 0.500. The number of amides is 2. The summed E-state index contributed by atoms with van der Waals surface area (Å²) < 4.78 is 1.66. The molecule has 4 rings (SSSR count). The molecule has 1 saturated carbocycles. The first-order valence-electron chi connectivity index (χ1n) is 9.57. The molecule has 2 amide bonds. The number of hydrogen-bond donors (Lipinski definition) is 1. The van der Waals surface area contributed by atoms with E-state index in [1.165, 1.54) is 17.5 Å². The summed E-state index contributed by atoms with van der Waals surface area (Å²) in [5, 5.41) is 7.24. The summed E-state index contributed by atoms with van der Waals surface area (Å²) in [4.78, 5) is 30.8. The van der Waals surface area contributed by atoms with Gasteiger partial charge in [0.1, 0.15) is 12.7 Å². The lowest BCUT2D eigenvalue weighted by Crippen LogP contribution is -2.41. The zero-order valence-electron chi connectivity index (χ0n) is 15.5. The smallest absolute Gasteiger partial charge is 0.224 e. The van der Waals surface area contributed by atoms with Crippen molar-refractivity contribution in [3.05, 3.63) is 48.0 Å². The lowest BCUT2D eigenvalue weighted by Gasteiger charge is -2.20. The Morgan fingerprint density at radius 1 is 1.19 bits per heavy atom. The first kappa shape index (κ1) is 17.7. The number of likely N-dealkylation sites (tertiary alicyclic amines) is 1. The van der Waals surface area contributed by atoms with E-state index >= 15 is 0 Å². The third-order valence-corrected chi connectivity index (χ3v) is 5.48. The molecule has 0 bridgehead atoms. The summed E-state index contributed by atoms with van der Waals surface area (Å²) in [7, 11) is 0. The topological polar surface area (TPSA) is 80.1 Å². The van der Waals surface area contributed by atoms with Gasteiger partial charge < -0.3 is 10.2 Å². The molecule has 1 aromatic heterocycles. The molecule has 7 heteroatoms. The maximum atomic E-state index is 12.7. The van der Waals surface area contributed by atoms with Gasteiger partial charge in [-0.05, 0) is 25.3 Å². The molecular formula is C20H25N5O2. The quantitative estimate of drug-likeness (QED) is 0.839. The van der Waals surface area contributed by atoms with Gasteiger partial charge in [-0.25, -0.2) is 4.98 Å². The fourth-order valence-electron chi connectivity index (χ4n) is 3.67. The molecule has 0 radical (unpaired) electrons. The van der Waals surface area contributed by atoms with E-state index in [0.717, 1.165) is 12.8 Å². The van der Waals surface area contributed by atoms with Crippen LogP contribution in [0, 0.1) is 12.8 Å². The van der Waals surface area contributed by atoms with Crippen molar-refractivity contribution in [3.63, 3.8) is 0 Å². The van der Waals surface area contributed by atoms with Crippen LogP contribution in [0.5, 0.6) is 0 Å². The van der Waals surface area contributed by atoms with Gasteiger partial charge in [0, 0.05) is 31.3 Å². The van der Waals surface area contributed by atoms with Crippen molar-refractivity contribution in [2.75, 3.05) is 13.1 Å². The highest BCUT2D eigenvalue weighted by Gasteiger charge is 2.39. The third-order valence-electron chi connectivity index (χ3n) is 5.48. The number of nitrogens with zero attached hydrogens (tertiary/aromatic N) is 4. The van der Waals surface area contributed by atoms with Gasteiger partial charge >= 0.3 is 0 Å². The Morgan fingerprint density at radius 2 is 1.96 bits per heavy atom. The van der Waals surface area contributed by atoms with Crippen molar-refractivity contribution >= 4 is 11.8 Å². The molecular weight excluding hydrogens is 342 g/mol. The zero-order valence-corrected chi connectivity index (χ0v) is 15.5. The van der Waals surface area contributed by atoms with Crippen LogP contribution in [0.4, 0.5) is 0 Å². The van der Waals surface area contributed by atoms with Crippen molar-refractivity contribution < 1.29 is 9.59 Å². The van der Waals surface area contributed by atoms with Crippen LogP contribution in [-0.4, -0.2) is 50.6 Å². The molecule has 142 valence electrons. The van der Waals surface area contributed by atoms with Crippen molar-refractivity contribution in [2.45, 2.75) is 44.7 Å². The van der Waals surface area contributed by atoms with Gasteiger partial charge in [0.15, 0.2) is 0 Å². The second kappa shape index (κ2) is 7.50. The van der Waals surface area contributed by atoms with Crippen molar-refractivity contribution in [3.8, 4) is 0 Å². The highest BCUT2D eigenvalue weighted by molar-refractivity contribution is 5.82. The molecule has 27 heavy (non-hydrogen) atoms. The van der Waals surface area contributed by atoms with Crippen LogP contribution in [0.25, 0.3) is 0 Å². The zero-order chi connectivity index (χ0) is 18.8. The largest absolute Gasteiger partial charge is 0.351 e. The molecule has 7 nitrogen and oxygen atoms in total. The highest BCUT2D eigenvalue weighted by atomic mass is 16.2. The summed E-state index contributed by atoms with van der Waals surface area (Å²) in [6.45, 7) is 3.77. The minimum atomic E-state index is -0.0314. The number of carbonyl (C=O) groups excluding carboxylic acids is 2. The fourth-order valence-corrected chi connectivity index (χ4v) is 3.67. The van der Waals surface area contributed by atoms with Gasteiger partial charge in [0.05, 0.1) is 12.6 Å². The molecule has 1 N–H and O–H groups in total. The second-order valence-corrected chi connectivity index (χ2v) is 7.61. The molecule has 2 heterocycles. The van der Waals surface area contributed by atoms with Crippen LogP contribution in [0.3, 0.4) is 0 Å². The average Bonchev–Trinajstić information content (AvgIpc) is 3.23. The molecule has 1 aliphatic carbocycles. The molecule has 2 aromatic rings. The predicted octanol–water partition coefficient (Wildman–Crippen LogP) is 1.50. The minimum Gasteiger partial charge on any atom is -0.351 e. The van der Waals surface area contributed by atoms with Gasteiger partial charge in [-0.3, -0.25) is 14.3 Å². The normalized spacial score (nSPS) is 22.0. The lowest BCUT2D eigenvalue weighted by atomic mass is 9.93. The van der Waals surface area contributed by atoms with Crippen LogP contribution < -0.4 is 5.32 Å². The summed E-state index contributed by atoms with van der Waals surface area (Å²) in [5.41, 5.74) is 2.38. The SMILES string of the molecule is Cc1ccc([C@@H]2CN(C(=O)CCn3cncn3)C[C@H]2NC(=O)C2CC2)cc1. The Kier molecular flexibility index (Phi) is 4.92. The van der Waals surface area contributed by atoms with E-state index in [4.69, 9.17) is 0 Å². The Hall–Kier alpha value is -2.70. The van der Waals surface area contributed by atoms with Gasteiger partial charge in [0.2, 0.25) is 11.8 Å². The first-order chi connectivity index (χ1) is 13.1. The summed E-state index contributed by atoms with van der Waals surface area (Å²) >= 11 is 0. The summed E-state index contributed by atoms with van der Waals surface area (Å²) in [5.74, 6) is 0.518. The average molecular weight is 367 g/mol. The molecule has 2 fully saturated rings. The van der Waals surface area contributed by atoms with Gasteiger partial charge in [-0.15, -0.1) is 0 Å². The van der Waals surface area contributed by atoms with Crippen LogP contribution in [0.1, 0.15) is 36.3 Å². The predicted molar refractivity (Wildman–Crippen MR) is 99.8 cm³/mol. The van der Waals surface area contributed by atoms with Crippen LogP contribution in [0.15, 0.2) is 36.9 Å². The number of rotatable bonds is 6. The van der Waals surface area contributed by atoms with E-state index in [0.29, 0.717) is 26.1 Å². The molecule has 2 aliphatic rings. The standard InChI is InChI=1S/C20H25N5O2/c1-14-2-4-15(5-3-14)17-10-24(11-18(17)23-20(27)16-6-7-16)19(26)8-9-25-13-21-12-22-25/h2-5,12-13,16-18H,6-11H2,1H3,(H,23,27)/t17-,18+/m0/s1. The number of nitrogens with one attached hydrogen (secondary N) is 1. The molecule has 1 aromatic carbocycles. The van der Waals surface area contributed by atoms with Crippen LogP contribution >= 0.6 is 0 Å². The maximum Gasteiger partial charge on any atom is 0.224 e. The monoisotopic (exact) mass is 367 g/mol. The van der Waals surface area contributed by atoms with Gasteiger partial charge in [0.25, 0.3) is 0 Å². The summed E-state index contributed by atoms with van der Waals surface area (Å²) in [6.07, 6.45) is 5.43. The van der Waals surface area contributed by atoms with Gasteiger partial charge in [-0.1, -0.05) is 29.8 Å². The molecule has 1 aliphatic heterocycles. The van der Waals surface area contributed by atoms with Crippen LogP contribution in [0.2, 0.25) is 0 Å². The van der Waals surface area contributed by atoms with E-state index in [1.807, 2.05) is 4.90 Å². The maximum absolute atomic E-state index is 12.7. The number of benzene rings is 1. The van der Waals surface area contributed by atoms with Crippen molar-refractivity contribution in [2.24, 2.45) is 5.92 Å². The molecule has 0 unspecified atom stereocenters. The number of aromatic nitrogens is 3. The molecule has 2 atom stereocenters. The number of hydrogen-bond acceptors (Lipinski definition) is 4. The highest BCUT2D eigenvalue weighted by Crippen LogP contribution is 2.32. The Balaban J connectivity index is 1.44. The minimum absolute atomic E-state index is 0.0314. The van der Waals surface area contributed by atoms with E-state index in [2.05, 4.69) is 46.6 Å². The number of carbonyl (C=O) groups is 2. The molecule has 1 saturated heterocycles. The van der Waals surface area contributed by atoms with E-state index in [-0.39, 0.29) is 29.7 Å². The summed E-state index contributed by atoms with van der Waals surface area (Å²) in [6, 6.07) is 8.37. The van der Waals surface area contributed by atoms with Gasteiger partial charge in [-0.2, -0.15) is 5.10 Å². The van der Waals surface area contributed by atoms with Crippen LogP contribution in [-0.2, 0) is 16.1 Å². The van der Waals surface area contributed by atoms with Crippen molar-refractivity contribution in [1.82, 2.24) is 25.0 Å². The van der Waals surface area contributed by atoms with E-state index in [9.17, 15) is 9.59 Å². The first-order valence-corrected chi connectivity index (χ1v) is 9.57. The van der Waals surface area contributed by atoms with E-state index < -0.39 is 0 Å². The Morgan fingerprint density at radius 3 is 2.63 bits per heavy atom. The lowest BCUT2D eigenvalue weighted by molar-refractivity contribution is -0.131. The van der Waals surface area contributed by atoms with E-state index in [1.54, 1.807) is 11.0 Å².